The Hall–Kier alpha value is -1.70. The highest BCUT2D eigenvalue weighted by molar-refractivity contribution is 7.90. The van der Waals surface area contributed by atoms with Gasteiger partial charge in [-0.05, 0) is 59.3 Å². The smallest absolute Gasteiger partial charge is 0.220 e. The fourth-order valence-corrected chi connectivity index (χ4v) is 4.82. The fraction of sp³-hybridized carbons (Fsp3) is 0.450. The first-order valence-electron chi connectivity index (χ1n) is 9.05. The lowest BCUT2D eigenvalue weighted by Crippen LogP contribution is -2.44. The summed E-state index contributed by atoms with van der Waals surface area (Å²) < 4.78 is 28.5. The quantitative estimate of drug-likeness (QED) is 0.766. The molecule has 0 spiro atoms. The Morgan fingerprint density at radius 1 is 1.19 bits per heavy atom. The van der Waals surface area contributed by atoms with Crippen LogP contribution in [0.15, 0.2) is 46.0 Å². The molecule has 0 unspecified atom stereocenters. The van der Waals surface area contributed by atoms with E-state index in [0.717, 1.165) is 31.6 Å². The van der Waals surface area contributed by atoms with Crippen LogP contribution in [0.25, 0.3) is 0 Å². The van der Waals surface area contributed by atoms with Crippen LogP contribution in [0, 0.1) is 0 Å². The van der Waals surface area contributed by atoms with Gasteiger partial charge in [0.2, 0.25) is 5.91 Å². The zero-order valence-electron chi connectivity index (χ0n) is 15.4. The predicted octanol–water partition coefficient (Wildman–Crippen LogP) is 2.95. The summed E-state index contributed by atoms with van der Waals surface area (Å²) in [5.74, 6) is 0.0169. The average molecular weight is 408 g/mol. The first-order valence-corrected chi connectivity index (χ1v) is 11.9. The van der Waals surface area contributed by atoms with Gasteiger partial charge in [-0.2, -0.15) is 11.3 Å². The Bertz CT molecular complexity index is 852. The maximum absolute atomic E-state index is 12.4. The molecule has 1 aromatic carbocycles. The Kier molecular flexibility index (Phi) is 6.34. The molecule has 0 atom stereocenters. The number of hydrogen-bond donors (Lipinski definition) is 1. The minimum absolute atomic E-state index is 0.0169. The molecule has 3 rings (SSSR count). The van der Waals surface area contributed by atoms with Crippen molar-refractivity contribution in [1.82, 2.24) is 5.32 Å². The molecule has 1 amide bonds. The number of nitrogens with one attached hydrogen (secondary N) is 1. The summed E-state index contributed by atoms with van der Waals surface area (Å²) in [6.45, 7) is 2.07. The van der Waals surface area contributed by atoms with Gasteiger partial charge in [-0.1, -0.05) is 12.1 Å². The minimum Gasteiger partial charge on any atom is -0.381 e. The maximum Gasteiger partial charge on any atom is 0.220 e. The normalized spacial score (nSPS) is 16.8. The summed E-state index contributed by atoms with van der Waals surface area (Å²) in [6, 6.07) is 8.88. The third kappa shape index (κ3) is 5.18. The molecular weight excluding hydrogens is 382 g/mol. The Morgan fingerprint density at radius 2 is 1.89 bits per heavy atom. The maximum atomic E-state index is 12.4. The van der Waals surface area contributed by atoms with Crippen molar-refractivity contribution in [3.05, 3.63) is 52.2 Å². The van der Waals surface area contributed by atoms with Gasteiger partial charge in [0.25, 0.3) is 0 Å². The van der Waals surface area contributed by atoms with E-state index in [2.05, 4.69) is 22.1 Å². The van der Waals surface area contributed by atoms with Crippen molar-refractivity contribution in [1.29, 1.82) is 0 Å². The molecule has 5 nitrogen and oxygen atoms in total. The highest BCUT2D eigenvalue weighted by Crippen LogP contribution is 2.35. The van der Waals surface area contributed by atoms with Crippen LogP contribution in [0.4, 0.5) is 0 Å². The lowest BCUT2D eigenvalue weighted by molar-refractivity contribution is -0.121. The number of thiophene rings is 1. The van der Waals surface area contributed by atoms with E-state index in [1.54, 1.807) is 35.6 Å². The van der Waals surface area contributed by atoms with E-state index in [0.29, 0.717) is 24.3 Å². The van der Waals surface area contributed by atoms with Crippen LogP contribution in [0.2, 0.25) is 0 Å². The van der Waals surface area contributed by atoms with Gasteiger partial charge < -0.3 is 10.1 Å². The number of aryl methyl sites for hydroxylation is 1. The van der Waals surface area contributed by atoms with Gasteiger partial charge in [0.05, 0.1) is 4.90 Å². The van der Waals surface area contributed by atoms with Crippen molar-refractivity contribution < 1.29 is 17.9 Å². The first kappa shape index (κ1) is 20.0. The van der Waals surface area contributed by atoms with E-state index in [9.17, 15) is 13.2 Å². The Labute approximate surface area is 164 Å². The molecule has 2 heterocycles. The summed E-state index contributed by atoms with van der Waals surface area (Å²) in [5, 5.41) is 7.35. The standard InChI is InChI=1S/C20H25NO4S2/c1-27(23,24)18-5-2-16(3-6-18)4-7-19(22)21-15-20(9-11-25-12-10-20)17-8-13-26-14-17/h2-3,5-6,8,13-14H,4,7,9-12,15H2,1H3,(H,21,22). The summed E-state index contributed by atoms with van der Waals surface area (Å²) in [5.41, 5.74) is 2.20. The second-order valence-electron chi connectivity index (χ2n) is 7.10. The summed E-state index contributed by atoms with van der Waals surface area (Å²) in [6.07, 6.45) is 3.99. The molecule has 0 bridgehead atoms. The van der Waals surface area contributed by atoms with Gasteiger partial charge >= 0.3 is 0 Å². The highest BCUT2D eigenvalue weighted by Gasteiger charge is 2.35. The summed E-state index contributed by atoms with van der Waals surface area (Å²) >= 11 is 1.68. The first-order chi connectivity index (χ1) is 12.9. The van der Waals surface area contributed by atoms with Crippen molar-refractivity contribution in [2.45, 2.75) is 36.0 Å². The molecular formula is C20H25NO4S2. The van der Waals surface area contributed by atoms with E-state index < -0.39 is 9.84 Å². The van der Waals surface area contributed by atoms with Gasteiger partial charge in [0.1, 0.15) is 0 Å². The molecule has 0 saturated carbocycles. The van der Waals surface area contributed by atoms with Crippen LogP contribution in [0.5, 0.6) is 0 Å². The molecule has 146 valence electrons. The van der Waals surface area contributed by atoms with Crippen LogP contribution in [-0.2, 0) is 31.2 Å². The molecule has 1 N–H and O–H groups in total. The molecule has 0 radical (unpaired) electrons. The number of ether oxygens (including phenoxy) is 1. The lowest BCUT2D eigenvalue weighted by atomic mass is 9.75. The Morgan fingerprint density at radius 3 is 2.48 bits per heavy atom. The number of sulfone groups is 1. The molecule has 1 saturated heterocycles. The van der Waals surface area contributed by atoms with Crippen molar-refractivity contribution in [2.75, 3.05) is 26.0 Å². The Balaban J connectivity index is 1.54. The van der Waals surface area contributed by atoms with E-state index in [4.69, 9.17) is 4.74 Å². The van der Waals surface area contributed by atoms with E-state index in [1.165, 1.54) is 11.8 Å². The van der Waals surface area contributed by atoms with E-state index in [1.807, 2.05) is 0 Å². The van der Waals surface area contributed by atoms with Gasteiger partial charge in [0, 0.05) is 37.9 Å². The van der Waals surface area contributed by atoms with Gasteiger partial charge in [0.15, 0.2) is 9.84 Å². The van der Waals surface area contributed by atoms with Crippen molar-refractivity contribution >= 4 is 27.1 Å². The number of carbonyl (C=O) groups is 1. The van der Waals surface area contributed by atoms with Crippen LogP contribution in [0.1, 0.15) is 30.4 Å². The van der Waals surface area contributed by atoms with Gasteiger partial charge in [-0.25, -0.2) is 8.42 Å². The van der Waals surface area contributed by atoms with E-state index in [-0.39, 0.29) is 11.3 Å². The third-order valence-electron chi connectivity index (χ3n) is 5.20. The summed E-state index contributed by atoms with van der Waals surface area (Å²) in [7, 11) is -3.19. The topological polar surface area (TPSA) is 72.5 Å². The fourth-order valence-electron chi connectivity index (χ4n) is 3.41. The lowest BCUT2D eigenvalue weighted by Gasteiger charge is -2.37. The SMILES string of the molecule is CS(=O)(=O)c1ccc(CCC(=O)NCC2(c3ccsc3)CCOCC2)cc1. The number of rotatable bonds is 7. The van der Waals surface area contributed by atoms with Crippen molar-refractivity contribution in [3.63, 3.8) is 0 Å². The average Bonchev–Trinajstić information content (AvgIpc) is 3.21. The summed E-state index contributed by atoms with van der Waals surface area (Å²) in [4.78, 5) is 12.7. The number of benzene rings is 1. The zero-order chi connectivity index (χ0) is 19.3. The second-order valence-corrected chi connectivity index (χ2v) is 9.89. The molecule has 1 aromatic heterocycles. The molecule has 1 aliphatic heterocycles. The second kappa shape index (κ2) is 8.54. The monoisotopic (exact) mass is 407 g/mol. The molecule has 0 aliphatic carbocycles. The van der Waals surface area contributed by atoms with Crippen molar-refractivity contribution in [2.24, 2.45) is 0 Å². The molecule has 1 aliphatic rings. The van der Waals surface area contributed by atoms with Crippen LogP contribution < -0.4 is 5.32 Å². The van der Waals surface area contributed by atoms with Crippen LogP contribution in [-0.4, -0.2) is 40.3 Å². The van der Waals surface area contributed by atoms with Gasteiger partial charge in [-0.3, -0.25) is 4.79 Å². The highest BCUT2D eigenvalue weighted by atomic mass is 32.2. The minimum atomic E-state index is -3.19. The van der Waals surface area contributed by atoms with Crippen LogP contribution in [0.3, 0.4) is 0 Å². The third-order valence-corrected chi connectivity index (χ3v) is 7.01. The predicted molar refractivity (Wildman–Crippen MR) is 107 cm³/mol. The molecule has 27 heavy (non-hydrogen) atoms. The number of carbonyl (C=O) groups excluding carboxylic acids is 1. The van der Waals surface area contributed by atoms with Crippen molar-refractivity contribution in [3.8, 4) is 0 Å². The molecule has 7 heteroatoms. The molecule has 2 aromatic rings. The number of hydrogen-bond acceptors (Lipinski definition) is 5. The largest absolute Gasteiger partial charge is 0.381 e. The van der Waals surface area contributed by atoms with Crippen LogP contribution >= 0.6 is 11.3 Å². The number of amides is 1. The molecule has 1 fully saturated rings. The van der Waals surface area contributed by atoms with Gasteiger partial charge in [-0.15, -0.1) is 0 Å². The zero-order valence-corrected chi connectivity index (χ0v) is 17.1. The van der Waals surface area contributed by atoms with E-state index >= 15 is 0 Å².